The van der Waals surface area contributed by atoms with Crippen LogP contribution < -0.4 is 4.90 Å². The number of piperidine rings is 2. The number of carbonyl (C=O) groups excluding carboxylic acids is 1. The van der Waals surface area contributed by atoms with Crippen molar-refractivity contribution in [3.05, 3.63) is 29.8 Å². The van der Waals surface area contributed by atoms with Crippen LogP contribution in [-0.2, 0) is 4.79 Å². The van der Waals surface area contributed by atoms with Gasteiger partial charge in [-0.25, -0.2) is 0 Å². The molecule has 27 heavy (non-hydrogen) atoms. The van der Waals surface area contributed by atoms with Crippen LogP contribution in [0.3, 0.4) is 0 Å². The largest absolute Gasteiger partial charge is 0.371 e. The van der Waals surface area contributed by atoms with Gasteiger partial charge in [0.2, 0.25) is 0 Å². The SMILES string of the molecule is N#Cc1ccc(N2CCC(C(=O)C3CCN(C4CCCC4)CC3)CC2)cc1. The lowest BCUT2D eigenvalue weighted by Gasteiger charge is -2.38. The van der Waals surface area contributed by atoms with E-state index in [1.165, 1.54) is 31.4 Å². The minimum absolute atomic E-state index is 0.252. The van der Waals surface area contributed by atoms with E-state index in [0.29, 0.717) is 17.3 Å². The van der Waals surface area contributed by atoms with Crippen LogP contribution in [0.15, 0.2) is 24.3 Å². The van der Waals surface area contributed by atoms with E-state index >= 15 is 0 Å². The van der Waals surface area contributed by atoms with Crippen LogP contribution in [0.2, 0.25) is 0 Å². The zero-order valence-electron chi connectivity index (χ0n) is 16.3. The lowest BCUT2D eigenvalue weighted by atomic mass is 9.81. The van der Waals surface area contributed by atoms with Crippen molar-refractivity contribution in [3.63, 3.8) is 0 Å². The summed E-state index contributed by atoms with van der Waals surface area (Å²) in [5.41, 5.74) is 1.87. The maximum absolute atomic E-state index is 13.0. The molecule has 2 saturated heterocycles. The van der Waals surface area contributed by atoms with Crippen molar-refractivity contribution in [2.45, 2.75) is 57.4 Å². The first-order valence-electron chi connectivity index (χ1n) is 10.8. The first-order valence-corrected chi connectivity index (χ1v) is 10.8. The average molecular weight is 366 g/mol. The topological polar surface area (TPSA) is 47.3 Å². The van der Waals surface area contributed by atoms with Gasteiger partial charge >= 0.3 is 0 Å². The van der Waals surface area contributed by atoms with E-state index < -0.39 is 0 Å². The lowest BCUT2D eigenvalue weighted by Crippen LogP contribution is -2.44. The summed E-state index contributed by atoms with van der Waals surface area (Å²) in [4.78, 5) is 18.0. The third-order valence-corrected chi connectivity index (χ3v) is 7.03. The zero-order chi connectivity index (χ0) is 18.6. The van der Waals surface area contributed by atoms with Gasteiger partial charge in [-0.15, -0.1) is 0 Å². The molecule has 1 aromatic rings. The fraction of sp³-hybridized carbons (Fsp3) is 0.652. The fourth-order valence-electron chi connectivity index (χ4n) is 5.32. The van der Waals surface area contributed by atoms with Crippen LogP contribution in [0.1, 0.15) is 56.9 Å². The first kappa shape index (κ1) is 18.5. The van der Waals surface area contributed by atoms with Gasteiger partial charge < -0.3 is 9.80 Å². The second kappa shape index (κ2) is 8.44. The Morgan fingerprint density at radius 3 is 1.96 bits per heavy atom. The summed E-state index contributed by atoms with van der Waals surface area (Å²) >= 11 is 0. The second-order valence-electron chi connectivity index (χ2n) is 8.57. The van der Waals surface area contributed by atoms with Crippen LogP contribution in [0.5, 0.6) is 0 Å². The van der Waals surface area contributed by atoms with E-state index in [0.717, 1.165) is 57.9 Å². The summed E-state index contributed by atoms with van der Waals surface area (Å²) in [6, 6.07) is 10.8. The van der Waals surface area contributed by atoms with Gasteiger partial charge in [0.25, 0.3) is 0 Å². The van der Waals surface area contributed by atoms with Crippen molar-refractivity contribution in [1.82, 2.24) is 4.90 Å². The minimum Gasteiger partial charge on any atom is -0.371 e. The maximum atomic E-state index is 13.0. The van der Waals surface area contributed by atoms with E-state index in [-0.39, 0.29) is 5.92 Å². The predicted octanol–water partition coefficient (Wildman–Crippen LogP) is 4.00. The number of hydrogen-bond donors (Lipinski definition) is 0. The summed E-state index contributed by atoms with van der Waals surface area (Å²) < 4.78 is 0. The Morgan fingerprint density at radius 2 is 1.41 bits per heavy atom. The molecular weight excluding hydrogens is 334 g/mol. The lowest BCUT2D eigenvalue weighted by molar-refractivity contribution is -0.129. The Bertz CT molecular complexity index is 671. The fourth-order valence-corrected chi connectivity index (χ4v) is 5.32. The van der Waals surface area contributed by atoms with Crippen molar-refractivity contribution < 1.29 is 4.79 Å². The first-order chi connectivity index (χ1) is 13.2. The zero-order valence-corrected chi connectivity index (χ0v) is 16.3. The molecule has 1 aromatic carbocycles. The average Bonchev–Trinajstić information content (AvgIpc) is 3.28. The highest BCUT2D eigenvalue weighted by Gasteiger charge is 2.34. The highest BCUT2D eigenvalue weighted by Crippen LogP contribution is 2.32. The standard InChI is InChI=1S/C23H31N3O/c24-17-18-5-7-22(8-6-18)26-15-11-20(12-16-26)23(27)19-9-13-25(14-10-19)21-3-1-2-4-21/h5-8,19-21H,1-4,9-16H2. The molecule has 0 radical (unpaired) electrons. The molecule has 1 saturated carbocycles. The van der Waals surface area contributed by atoms with Gasteiger partial charge in [0.05, 0.1) is 11.6 Å². The summed E-state index contributed by atoms with van der Waals surface area (Å²) in [7, 11) is 0. The second-order valence-corrected chi connectivity index (χ2v) is 8.57. The van der Waals surface area contributed by atoms with E-state index in [2.05, 4.69) is 15.9 Å². The highest BCUT2D eigenvalue weighted by molar-refractivity contribution is 5.83. The van der Waals surface area contributed by atoms with E-state index in [4.69, 9.17) is 5.26 Å². The van der Waals surface area contributed by atoms with Crippen molar-refractivity contribution in [1.29, 1.82) is 5.26 Å². The number of carbonyl (C=O) groups is 1. The summed E-state index contributed by atoms with van der Waals surface area (Å²) in [6.45, 7) is 4.16. The predicted molar refractivity (Wildman–Crippen MR) is 108 cm³/mol. The quantitative estimate of drug-likeness (QED) is 0.809. The molecule has 4 rings (SSSR count). The number of Topliss-reactive ketones (excluding diaryl/α,β-unsaturated/α-hetero) is 1. The van der Waals surface area contributed by atoms with Gasteiger partial charge in [0, 0.05) is 36.7 Å². The molecule has 1 aliphatic carbocycles. The Hall–Kier alpha value is -1.86. The molecule has 4 heteroatoms. The molecule has 0 unspecified atom stereocenters. The summed E-state index contributed by atoms with van der Waals surface area (Å²) in [6.07, 6.45) is 9.61. The molecule has 3 fully saturated rings. The third kappa shape index (κ3) is 4.19. The number of rotatable bonds is 4. The molecular formula is C23H31N3O. The molecule has 0 N–H and O–H groups in total. The van der Waals surface area contributed by atoms with Crippen molar-refractivity contribution in [2.24, 2.45) is 11.8 Å². The van der Waals surface area contributed by atoms with Gasteiger partial charge in [0.15, 0.2) is 0 Å². The Labute approximate surface area is 163 Å². The summed E-state index contributed by atoms with van der Waals surface area (Å²) in [5, 5.41) is 8.93. The van der Waals surface area contributed by atoms with E-state index in [9.17, 15) is 4.79 Å². The maximum Gasteiger partial charge on any atom is 0.139 e. The number of likely N-dealkylation sites (tertiary alicyclic amines) is 1. The van der Waals surface area contributed by atoms with Crippen molar-refractivity contribution in [2.75, 3.05) is 31.1 Å². The normalized spacial score (nSPS) is 23.4. The Balaban J connectivity index is 1.25. The van der Waals surface area contributed by atoms with E-state index in [1.54, 1.807) is 0 Å². The van der Waals surface area contributed by atoms with Gasteiger partial charge in [-0.1, -0.05) is 12.8 Å². The van der Waals surface area contributed by atoms with Crippen LogP contribution in [0.4, 0.5) is 5.69 Å². The number of nitriles is 1. The number of ketones is 1. The van der Waals surface area contributed by atoms with Gasteiger partial charge in [-0.05, 0) is 75.9 Å². The number of hydrogen-bond acceptors (Lipinski definition) is 4. The molecule has 0 aromatic heterocycles. The molecule has 4 nitrogen and oxygen atoms in total. The molecule has 0 bridgehead atoms. The van der Waals surface area contributed by atoms with Crippen LogP contribution in [0.25, 0.3) is 0 Å². The van der Waals surface area contributed by atoms with Crippen LogP contribution in [0, 0.1) is 23.2 Å². The smallest absolute Gasteiger partial charge is 0.139 e. The molecule has 0 amide bonds. The number of benzene rings is 1. The van der Waals surface area contributed by atoms with Gasteiger partial charge in [-0.3, -0.25) is 4.79 Å². The number of anilines is 1. The molecule has 144 valence electrons. The Morgan fingerprint density at radius 1 is 0.852 bits per heavy atom. The highest BCUT2D eigenvalue weighted by atomic mass is 16.1. The molecule has 0 spiro atoms. The molecule has 3 aliphatic rings. The van der Waals surface area contributed by atoms with Crippen LogP contribution >= 0.6 is 0 Å². The van der Waals surface area contributed by atoms with Gasteiger partial charge in [0.1, 0.15) is 5.78 Å². The van der Waals surface area contributed by atoms with E-state index in [1.807, 2.05) is 24.3 Å². The van der Waals surface area contributed by atoms with Crippen molar-refractivity contribution >= 4 is 11.5 Å². The Kier molecular flexibility index (Phi) is 5.78. The third-order valence-electron chi connectivity index (χ3n) is 7.03. The van der Waals surface area contributed by atoms with Crippen LogP contribution in [-0.4, -0.2) is 42.9 Å². The molecule has 2 aliphatic heterocycles. The number of nitrogens with zero attached hydrogens (tertiary/aromatic N) is 3. The molecule has 2 heterocycles. The summed E-state index contributed by atoms with van der Waals surface area (Å²) in [5.74, 6) is 1.09. The van der Waals surface area contributed by atoms with Gasteiger partial charge in [-0.2, -0.15) is 5.26 Å². The van der Waals surface area contributed by atoms with Crippen molar-refractivity contribution in [3.8, 4) is 6.07 Å². The monoisotopic (exact) mass is 365 g/mol. The molecule has 0 atom stereocenters. The minimum atomic E-state index is 0.252.